The van der Waals surface area contributed by atoms with E-state index < -0.39 is 0 Å². The number of hydrogen-bond donors (Lipinski definition) is 1. The fourth-order valence-electron chi connectivity index (χ4n) is 6.11. The van der Waals surface area contributed by atoms with Crippen LogP contribution in [0.1, 0.15) is 51.4 Å². The lowest BCUT2D eigenvalue weighted by Crippen LogP contribution is -2.53. The zero-order chi connectivity index (χ0) is 10.8. The van der Waals surface area contributed by atoms with E-state index in [0.29, 0.717) is 0 Å². The molecule has 4 bridgehead atoms. The Bertz CT molecular complexity index is 255. The third-order valence-electron chi connectivity index (χ3n) is 6.52. The molecule has 16 heavy (non-hydrogen) atoms. The van der Waals surface area contributed by atoms with Gasteiger partial charge in [-0.25, -0.2) is 0 Å². The van der Waals surface area contributed by atoms with E-state index in [1.54, 1.807) is 38.5 Å². The Morgan fingerprint density at radius 1 is 0.812 bits per heavy atom. The molecule has 5 rings (SSSR count). The van der Waals surface area contributed by atoms with Gasteiger partial charge in [0.2, 0.25) is 0 Å². The van der Waals surface area contributed by atoms with Gasteiger partial charge in [0, 0.05) is 0 Å². The quantitative estimate of drug-likeness (QED) is 0.758. The summed E-state index contributed by atoms with van der Waals surface area (Å²) < 4.78 is 0. The summed E-state index contributed by atoms with van der Waals surface area (Å²) in [6.07, 6.45) is 12.5. The van der Waals surface area contributed by atoms with Crippen molar-refractivity contribution in [2.75, 3.05) is 6.54 Å². The van der Waals surface area contributed by atoms with Gasteiger partial charge in [0.15, 0.2) is 0 Å². The maximum absolute atomic E-state index is 5.79. The predicted molar refractivity (Wildman–Crippen MR) is 65.9 cm³/mol. The van der Waals surface area contributed by atoms with Crippen molar-refractivity contribution in [1.29, 1.82) is 0 Å². The normalized spacial score (nSPS) is 58.7. The molecule has 0 aromatic carbocycles. The molecule has 0 aliphatic heterocycles. The first-order chi connectivity index (χ1) is 7.77. The Labute approximate surface area is 99.2 Å². The maximum atomic E-state index is 5.79. The first-order valence-corrected chi connectivity index (χ1v) is 7.47. The van der Waals surface area contributed by atoms with Crippen LogP contribution >= 0.6 is 0 Å². The number of rotatable bonds is 2. The SMILES string of the molecule is NCC1CC(C23CC4CC(CC(C4)C2)C3)C1. The van der Waals surface area contributed by atoms with Crippen LogP contribution in [0.3, 0.4) is 0 Å². The summed E-state index contributed by atoms with van der Waals surface area (Å²) in [6.45, 7) is 0.947. The highest BCUT2D eigenvalue weighted by Crippen LogP contribution is 2.66. The van der Waals surface area contributed by atoms with Gasteiger partial charge in [0.25, 0.3) is 0 Å². The molecule has 0 spiro atoms. The predicted octanol–water partition coefficient (Wildman–Crippen LogP) is 3.19. The molecule has 5 fully saturated rings. The van der Waals surface area contributed by atoms with E-state index in [1.165, 1.54) is 12.8 Å². The molecule has 0 heterocycles. The highest BCUT2D eigenvalue weighted by molar-refractivity contribution is 5.06. The van der Waals surface area contributed by atoms with Gasteiger partial charge in [-0.3, -0.25) is 0 Å². The van der Waals surface area contributed by atoms with Crippen LogP contribution in [0.5, 0.6) is 0 Å². The lowest BCUT2D eigenvalue weighted by atomic mass is 9.43. The highest BCUT2D eigenvalue weighted by atomic mass is 14.6. The second-order valence-corrected chi connectivity index (χ2v) is 7.55. The van der Waals surface area contributed by atoms with E-state index in [0.717, 1.165) is 41.5 Å². The third kappa shape index (κ3) is 1.27. The smallest absolute Gasteiger partial charge is 0.00487 e. The van der Waals surface area contributed by atoms with Crippen molar-refractivity contribution in [3.8, 4) is 0 Å². The molecule has 5 aliphatic rings. The molecule has 90 valence electrons. The summed E-state index contributed by atoms with van der Waals surface area (Å²) in [4.78, 5) is 0. The lowest BCUT2D eigenvalue weighted by Gasteiger charge is -2.62. The first kappa shape index (κ1) is 9.94. The van der Waals surface area contributed by atoms with Crippen molar-refractivity contribution in [2.24, 2.45) is 40.7 Å². The second kappa shape index (κ2) is 3.25. The van der Waals surface area contributed by atoms with Crippen LogP contribution < -0.4 is 5.73 Å². The minimum atomic E-state index is 0.820. The third-order valence-corrected chi connectivity index (χ3v) is 6.52. The van der Waals surface area contributed by atoms with E-state index in [1.807, 2.05) is 0 Å². The molecule has 0 unspecified atom stereocenters. The van der Waals surface area contributed by atoms with Crippen LogP contribution in [0.2, 0.25) is 0 Å². The Hall–Kier alpha value is -0.0400. The fourth-order valence-corrected chi connectivity index (χ4v) is 6.11. The lowest BCUT2D eigenvalue weighted by molar-refractivity contribution is -0.117. The largest absolute Gasteiger partial charge is 0.330 e. The molecule has 2 N–H and O–H groups in total. The van der Waals surface area contributed by atoms with Crippen LogP contribution in [0.15, 0.2) is 0 Å². The van der Waals surface area contributed by atoms with Crippen LogP contribution in [0, 0.1) is 35.0 Å². The maximum Gasteiger partial charge on any atom is -0.00487 e. The molecule has 5 aliphatic carbocycles. The van der Waals surface area contributed by atoms with Gasteiger partial charge in [0.05, 0.1) is 0 Å². The molecular weight excluding hydrogens is 194 g/mol. The summed E-state index contributed by atoms with van der Waals surface area (Å²) in [5, 5.41) is 0. The van der Waals surface area contributed by atoms with Crippen molar-refractivity contribution < 1.29 is 0 Å². The molecule has 1 nitrogen and oxygen atoms in total. The number of hydrogen-bond acceptors (Lipinski definition) is 1. The first-order valence-electron chi connectivity index (χ1n) is 7.47. The van der Waals surface area contributed by atoms with Crippen molar-refractivity contribution in [3.05, 3.63) is 0 Å². The van der Waals surface area contributed by atoms with Crippen LogP contribution in [-0.2, 0) is 0 Å². The van der Waals surface area contributed by atoms with Crippen LogP contribution in [-0.4, -0.2) is 6.54 Å². The molecule has 0 atom stereocenters. The molecule has 0 aromatic heterocycles. The van der Waals surface area contributed by atoms with Gasteiger partial charge < -0.3 is 5.73 Å². The Kier molecular flexibility index (Phi) is 2.02. The summed E-state index contributed by atoms with van der Waals surface area (Å²) in [5.74, 6) is 5.35. The van der Waals surface area contributed by atoms with Crippen molar-refractivity contribution >= 4 is 0 Å². The second-order valence-electron chi connectivity index (χ2n) is 7.55. The fraction of sp³-hybridized carbons (Fsp3) is 1.00. The summed E-state index contributed by atoms with van der Waals surface area (Å²) in [5.41, 5.74) is 6.61. The van der Waals surface area contributed by atoms with Gasteiger partial charge in [0.1, 0.15) is 0 Å². The van der Waals surface area contributed by atoms with E-state index >= 15 is 0 Å². The van der Waals surface area contributed by atoms with Gasteiger partial charge >= 0.3 is 0 Å². The zero-order valence-electron chi connectivity index (χ0n) is 10.3. The van der Waals surface area contributed by atoms with Crippen molar-refractivity contribution in [1.82, 2.24) is 0 Å². The Morgan fingerprint density at radius 2 is 1.31 bits per heavy atom. The van der Waals surface area contributed by atoms with E-state index in [9.17, 15) is 0 Å². The molecule has 0 amide bonds. The van der Waals surface area contributed by atoms with E-state index in [2.05, 4.69) is 0 Å². The molecule has 0 saturated heterocycles. The van der Waals surface area contributed by atoms with Crippen molar-refractivity contribution in [2.45, 2.75) is 51.4 Å². The molecule has 1 heteroatoms. The van der Waals surface area contributed by atoms with Crippen LogP contribution in [0.4, 0.5) is 0 Å². The zero-order valence-corrected chi connectivity index (χ0v) is 10.3. The summed E-state index contributed by atoms with van der Waals surface area (Å²) >= 11 is 0. The Balaban J connectivity index is 1.54. The minimum absolute atomic E-state index is 0.820. The summed E-state index contributed by atoms with van der Waals surface area (Å²) in [6, 6.07) is 0. The summed E-state index contributed by atoms with van der Waals surface area (Å²) in [7, 11) is 0. The molecule has 0 aromatic rings. The van der Waals surface area contributed by atoms with E-state index in [-0.39, 0.29) is 0 Å². The topological polar surface area (TPSA) is 26.0 Å². The van der Waals surface area contributed by atoms with E-state index in [4.69, 9.17) is 5.73 Å². The minimum Gasteiger partial charge on any atom is -0.330 e. The number of nitrogens with two attached hydrogens (primary N) is 1. The molecule has 0 radical (unpaired) electrons. The standard InChI is InChI=1S/C15H25N/c16-9-13-4-14(5-13)15-6-10-1-11(7-15)3-12(2-10)8-15/h10-14H,1-9,16H2. The monoisotopic (exact) mass is 219 g/mol. The average Bonchev–Trinajstić information content (AvgIpc) is 2.12. The van der Waals surface area contributed by atoms with Gasteiger partial charge in [-0.05, 0) is 92.9 Å². The average molecular weight is 219 g/mol. The van der Waals surface area contributed by atoms with Crippen LogP contribution in [0.25, 0.3) is 0 Å². The highest BCUT2D eigenvalue weighted by Gasteiger charge is 2.56. The molecular formula is C15H25N. The van der Waals surface area contributed by atoms with Gasteiger partial charge in [-0.15, -0.1) is 0 Å². The molecule has 5 saturated carbocycles. The Morgan fingerprint density at radius 3 is 1.75 bits per heavy atom. The van der Waals surface area contributed by atoms with Gasteiger partial charge in [-0.2, -0.15) is 0 Å². The van der Waals surface area contributed by atoms with Gasteiger partial charge in [-0.1, -0.05) is 0 Å². The van der Waals surface area contributed by atoms with Crippen molar-refractivity contribution in [3.63, 3.8) is 0 Å².